The Labute approximate surface area is 121 Å². The first-order valence-electron chi connectivity index (χ1n) is 7.06. The second-order valence-corrected chi connectivity index (χ2v) is 6.43. The Morgan fingerprint density at radius 3 is 2.20 bits per heavy atom. The smallest absolute Gasteiger partial charge is 0.0999 e. The summed E-state index contributed by atoms with van der Waals surface area (Å²) in [7, 11) is 0. The van der Waals surface area contributed by atoms with Crippen LogP contribution in [-0.4, -0.2) is 10.1 Å². The molecule has 2 heteroatoms. The Balaban J connectivity index is 2.08. The van der Waals surface area contributed by atoms with Crippen LogP contribution in [0.2, 0.25) is 0 Å². The van der Waals surface area contributed by atoms with Crippen molar-refractivity contribution >= 4 is 0 Å². The van der Waals surface area contributed by atoms with Gasteiger partial charge in [0.25, 0.3) is 0 Å². The van der Waals surface area contributed by atoms with E-state index in [4.69, 9.17) is 0 Å². The molecule has 0 amide bonds. The minimum absolute atomic E-state index is 0.162. The predicted octanol–water partition coefficient (Wildman–Crippen LogP) is 3.96. The van der Waals surface area contributed by atoms with Crippen molar-refractivity contribution in [2.24, 2.45) is 0 Å². The van der Waals surface area contributed by atoms with Crippen LogP contribution in [0.3, 0.4) is 0 Å². The maximum atomic E-state index is 10.2. The third-order valence-electron chi connectivity index (χ3n) is 3.52. The van der Waals surface area contributed by atoms with Gasteiger partial charge < -0.3 is 5.11 Å². The fourth-order valence-corrected chi connectivity index (χ4v) is 2.15. The number of pyridine rings is 1. The molecule has 106 valence electrons. The van der Waals surface area contributed by atoms with Crippen molar-refractivity contribution in [2.75, 3.05) is 0 Å². The van der Waals surface area contributed by atoms with E-state index in [1.807, 2.05) is 19.1 Å². The zero-order valence-electron chi connectivity index (χ0n) is 12.7. The van der Waals surface area contributed by atoms with Gasteiger partial charge in [-0.3, -0.25) is 4.98 Å². The Kier molecular flexibility index (Phi) is 4.24. The highest BCUT2D eigenvalue weighted by Gasteiger charge is 2.14. The topological polar surface area (TPSA) is 33.1 Å². The number of hydrogen-bond acceptors (Lipinski definition) is 2. The molecule has 0 spiro atoms. The molecule has 1 aromatic heterocycles. The quantitative estimate of drug-likeness (QED) is 0.914. The van der Waals surface area contributed by atoms with Crippen LogP contribution in [-0.2, 0) is 11.8 Å². The van der Waals surface area contributed by atoms with Crippen molar-refractivity contribution in [2.45, 2.75) is 45.6 Å². The van der Waals surface area contributed by atoms with E-state index >= 15 is 0 Å². The van der Waals surface area contributed by atoms with Gasteiger partial charge in [-0.15, -0.1) is 0 Å². The maximum Gasteiger partial charge on any atom is 0.0999 e. The average molecular weight is 269 g/mol. The summed E-state index contributed by atoms with van der Waals surface area (Å²) in [4.78, 5) is 4.28. The number of rotatable bonds is 3. The van der Waals surface area contributed by atoms with Crippen LogP contribution >= 0.6 is 0 Å². The van der Waals surface area contributed by atoms with Crippen molar-refractivity contribution in [1.82, 2.24) is 4.98 Å². The van der Waals surface area contributed by atoms with Gasteiger partial charge in [-0.2, -0.15) is 0 Å². The largest absolute Gasteiger partial charge is 0.386 e. The van der Waals surface area contributed by atoms with Gasteiger partial charge in [-0.1, -0.05) is 51.1 Å². The molecular weight excluding hydrogens is 246 g/mol. The first-order chi connectivity index (χ1) is 9.36. The van der Waals surface area contributed by atoms with Crippen molar-refractivity contribution in [1.29, 1.82) is 0 Å². The number of aryl methyl sites for hydroxylation is 1. The van der Waals surface area contributed by atoms with Gasteiger partial charge in [-0.25, -0.2) is 0 Å². The minimum atomic E-state index is -0.545. The Hall–Kier alpha value is -1.67. The molecule has 0 aliphatic rings. The van der Waals surface area contributed by atoms with Gasteiger partial charge in [0.1, 0.15) is 0 Å². The van der Waals surface area contributed by atoms with Crippen LogP contribution in [0.5, 0.6) is 0 Å². The number of aliphatic hydroxyl groups is 1. The maximum absolute atomic E-state index is 10.2. The number of aromatic nitrogens is 1. The normalized spacial score (nSPS) is 13.2. The van der Waals surface area contributed by atoms with E-state index in [0.717, 1.165) is 16.8 Å². The molecule has 0 aliphatic heterocycles. The van der Waals surface area contributed by atoms with Crippen LogP contribution in [0.25, 0.3) is 0 Å². The van der Waals surface area contributed by atoms with Crippen LogP contribution in [0.15, 0.2) is 42.6 Å². The summed E-state index contributed by atoms with van der Waals surface area (Å²) in [6.07, 6.45) is 1.85. The lowest BCUT2D eigenvalue weighted by Crippen LogP contribution is -2.11. The fourth-order valence-electron chi connectivity index (χ4n) is 2.15. The predicted molar refractivity (Wildman–Crippen MR) is 82.8 cm³/mol. The summed E-state index contributed by atoms with van der Waals surface area (Å²) in [5, 5.41) is 10.2. The second-order valence-electron chi connectivity index (χ2n) is 6.43. The van der Waals surface area contributed by atoms with E-state index in [2.05, 4.69) is 50.0 Å². The summed E-state index contributed by atoms with van der Waals surface area (Å²) < 4.78 is 0. The molecule has 1 unspecified atom stereocenters. The van der Waals surface area contributed by atoms with Gasteiger partial charge >= 0.3 is 0 Å². The summed E-state index contributed by atoms with van der Waals surface area (Å²) in [5.74, 6) is 0. The molecule has 0 bridgehead atoms. The standard InChI is InChI=1S/C18H23NO/c1-13-5-10-16(19-12-13)17(20)11-14-6-8-15(9-7-14)18(2,3)4/h5-10,12,17,20H,11H2,1-4H3. The van der Waals surface area contributed by atoms with E-state index in [1.165, 1.54) is 5.56 Å². The molecule has 1 aromatic carbocycles. The zero-order chi connectivity index (χ0) is 14.8. The molecule has 2 aromatic rings. The van der Waals surface area contributed by atoms with Crippen molar-refractivity contribution in [3.63, 3.8) is 0 Å². The molecule has 0 fully saturated rings. The Bertz CT molecular complexity index is 549. The molecule has 2 rings (SSSR count). The minimum Gasteiger partial charge on any atom is -0.386 e. The Morgan fingerprint density at radius 2 is 1.70 bits per heavy atom. The van der Waals surface area contributed by atoms with Gasteiger partial charge in [-0.05, 0) is 35.1 Å². The van der Waals surface area contributed by atoms with Gasteiger partial charge in [0.05, 0.1) is 11.8 Å². The number of benzene rings is 1. The Morgan fingerprint density at radius 1 is 1.05 bits per heavy atom. The molecule has 2 nitrogen and oxygen atoms in total. The lowest BCUT2D eigenvalue weighted by atomic mass is 9.86. The van der Waals surface area contributed by atoms with E-state index < -0.39 is 6.10 Å². The summed E-state index contributed by atoms with van der Waals surface area (Å²) >= 11 is 0. The average Bonchev–Trinajstić information content (AvgIpc) is 2.39. The third-order valence-corrected chi connectivity index (χ3v) is 3.52. The van der Waals surface area contributed by atoms with Crippen molar-refractivity contribution < 1.29 is 5.11 Å². The highest BCUT2D eigenvalue weighted by atomic mass is 16.3. The monoisotopic (exact) mass is 269 g/mol. The molecular formula is C18H23NO. The van der Waals surface area contributed by atoms with Gasteiger partial charge in [0.2, 0.25) is 0 Å². The lowest BCUT2D eigenvalue weighted by Gasteiger charge is -2.19. The van der Waals surface area contributed by atoms with Crippen LogP contribution in [0.1, 0.15) is 49.3 Å². The fraction of sp³-hybridized carbons (Fsp3) is 0.389. The highest BCUT2D eigenvalue weighted by Crippen LogP contribution is 2.23. The summed E-state index contributed by atoms with van der Waals surface area (Å²) in [6.45, 7) is 8.60. The van der Waals surface area contributed by atoms with Crippen LogP contribution in [0, 0.1) is 6.92 Å². The third kappa shape index (κ3) is 3.67. The van der Waals surface area contributed by atoms with E-state index in [9.17, 15) is 5.11 Å². The molecule has 0 saturated carbocycles. The molecule has 0 aliphatic carbocycles. The number of aliphatic hydroxyl groups excluding tert-OH is 1. The first-order valence-corrected chi connectivity index (χ1v) is 7.06. The van der Waals surface area contributed by atoms with Crippen molar-refractivity contribution in [3.8, 4) is 0 Å². The number of nitrogens with zero attached hydrogens (tertiary/aromatic N) is 1. The SMILES string of the molecule is Cc1ccc(C(O)Cc2ccc(C(C)(C)C)cc2)nc1. The summed E-state index contributed by atoms with van der Waals surface area (Å²) in [6, 6.07) is 12.4. The second kappa shape index (κ2) is 5.76. The van der Waals surface area contributed by atoms with Gasteiger partial charge in [0, 0.05) is 12.6 Å². The molecule has 1 atom stereocenters. The molecule has 20 heavy (non-hydrogen) atoms. The van der Waals surface area contributed by atoms with Gasteiger partial charge in [0.15, 0.2) is 0 Å². The lowest BCUT2D eigenvalue weighted by molar-refractivity contribution is 0.173. The van der Waals surface area contributed by atoms with E-state index in [0.29, 0.717) is 6.42 Å². The highest BCUT2D eigenvalue weighted by molar-refractivity contribution is 5.28. The molecule has 0 saturated heterocycles. The van der Waals surface area contributed by atoms with Crippen LogP contribution < -0.4 is 0 Å². The van der Waals surface area contributed by atoms with E-state index in [1.54, 1.807) is 6.20 Å². The first kappa shape index (κ1) is 14.7. The van der Waals surface area contributed by atoms with Crippen LogP contribution in [0.4, 0.5) is 0 Å². The van der Waals surface area contributed by atoms with Crippen molar-refractivity contribution in [3.05, 3.63) is 65.0 Å². The molecule has 1 heterocycles. The van der Waals surface area contributed by atoms with E-state index in [-0.39, 0.29) is 5.41 Å². The number of hydrogen-bond donors (Lipinski definition) is 1. The zero-order valence-corrected chi connectivity index (χ0v) is 12.7. The summed E-state index contributed by atoms with van der Waals surface area (Å²) in [5.41, 5.74) is 4.44. The molecule has 1 N–H and O–H groups in total. The molecule has 0 radical (unpaired) electrons.